The highest BCUT2D eigenvalue weighted by atomic mass is 79.9. The zero-order chi connectivity index (χ0) is 13.8. The summed E-state index contributed by atoms with van der Waals surface area (Å²) in [7, 11) is 0. The van der Waals surface area contributed by atoms with E-state index in [1.165, 1.54) is 6.07 Å². The molecule has 2 aromatic rings. The first kappa shape index (κ1) is 14.2. The second kappa shape index (κ2) is 6.30. The Morgan fingerprint density at radius 2 is 2.21 bits per heavy atom. The van der Waals surface area contributed by atoms with Crippen LogP contribution < -0.4 is 5.32 Å². The summed E-state index contributed by atoms with van der Waals surface area (Å²) in [6.07, 6.45) is 1.89. The summed E-state index contributed by atoms with van der Waals surface area (Å²) in [6, 6.07) is 5.10. The fourth-order valence-corrected chi connectivity index (χ4v) is 2.37. The van der Waals surface area contributed by atoms with Gasteiger partial charge in [0.1, 0.15) is 11.6 Å². The molecule has 0 fully saturated rings. The average Bonchev–Trinajstić information content (AvgIpc) is 2.73. The number of benzene rings is 1. The van der Waals surface area contributed by atoms with Crippen LogP contribution in [0.4, 0.5) is 4.39 Å². The Bertz CT molecular complexity index is 566. The Balaban J connectivity index is 2.22. The maximum atomic E-state index is 13.2. The summed E-state index contributed by atoms with van der Waals surface area (Å²) < 4.78 is 15.9. The van der Waals surface area contributed by atoms with Crippen LogP contribution >= 0.6 is 15.9 Å². The van der Waals surface area contributed by atoms with Crippen LogP contribution in [0.5, 0.6) is 0 Å². The summed E-state index contributed by atoms with van der Waals surface area (Å²) in [5.41, 5.74) is 2.19. The molecule has 0 aliphatic rings. The molecular weight excluding hydrogens is 309 g/mol. The van der Waals surface area contributed by atoms with E-state index < -0.39 is 0 Å². The molecule has 19 heavy (non-hydrogen) atoms. The number of hydrogen-bond donors (Lipinski definition) is 1. The van der Waals surface area contributed by atoms with Gasteiger partial charge in [-0.3, -0.25) is 0 Å². The molecule has 0 radical (unpaired) electrons. The van der Waals surface area contributed by atoms with Crippen LogP contribution in [0.1, 0.15) is 24.0 Å². The van der Waals surface area contributed by atoms with Crippen LogP contribution in [0.3, 0.4) is 0 Å². The van der Waals surface area contributed by atoms with Gasteiger partial charge in [-0.1, -0.05) is 13.0 Å². The molecule has 0 aliphatic heterocycles. The van der Waals surface area contributed by atoms with Gasteiger partial charge in [0.2, 0.25) is 0 Å². The van der Waals surface area contributed by atoms with Gasteiger partial charge in [0.05, 0.1) is 10.2 Å². The lowest BCUT2D eigenvalue weighted by Crippen LogP contribution is -2.16. The number of aryl methyl sites for hydroxylation is 1. The predicted octanol–water partition coefficient (Wildman–Crippen LogP) is 3.25. The Morgan fingerprint density at radius 3 is 2.89 bits per heavy atom. The molecule has 1 aromatic heterocycles. The topological polar surface area (TPSA) is 29.9 Å². The first-order valence-electron chi connectivity index (χ1n) is 6.27. The van der Waals surface area contributed by atoms with Gasteiger partial charge in [-0.25, -0.2) is 9.37 Å². The number of rotatable bonds is 5. The van der Waals surface area contributed by atoms with Crippen molar-refractivity contribution in [3.8, 4) is 0 Å². The largest absolute Gasteiger partial charge is 0.327 e. The zero-order valence-corrected chi connectivity index (χ0v) is 12.7. The molecule has 3 nitrogen and oxygen atoms in total. The Labute approximate surface area is 121 Å². The number of aromatic nitrogens is 2. The lowest BCUT2D eigenvalue weighted by molar-refractivity contribution is 0.617. The number of hydrogen-bond acceptors (Lipinski definition) is 2. The first-order valence-corrected chi connectivity index (χ1v) is 7.06. The van der Waals surface area contributed by atoms with E-state index in [0.717, 1.165) is 30.2 Å². The molecule has 5 heteroatoms. The second-order valence-corrected chi connectivity index (χ2v) is 5.27. The van der Waals surface area contributed by atoms with Gasteiger partial charge in [-0.05, 0) is 47.1 Å². The highest BCUT2D eigenvalue weighted by molar-refractivity contribution is 9.10. The van der Waals surface area contributed by atoms with E-state index in [1.54, 1.807) is 6.07 Å². The number of halogens is 2. The third kappa shape index (κ3) is 3.42. The van der Waals surface area contributed by atoms with E-state index in [0.29, 0.717) is 11.0 Å². The van der Waals surface area contributed by atoms with Crippen LogP contribution in [0, 0.1) is 12.7 Å². The number of nitrogens with zero attached hydrogens (tertiary/aromatic N) is 2. The summed E-state index contributed by atoms with van der Waals surface area (Å²) >= 11 is 3.22. The molecule has 1 N–H and O–H groups in total. The number of imidazole rings is 1. The fraction of sp³-hybridized carbons (Fsp3) is 0.357. The van der Waals surface area contributed by atoms with E-state index in [4.69, 9.17) is 0 Å². The fourth-order valence-electron chi connectivity index (χ4n) is 1.95. The van der Waals surface area contributed by atoms with Crippen molar-refractivity contribution >= 4 is 15.9 Å². The lowest BCUT2D eigenvalue weighted by atomic mass is 10.2. The van der Waals surface area contributed by atoms with E-state index in [1.807, 2.05) is 19.2 Å². The molecule has 0 atom stereocenters. The van der Waals surface area contributed by atoms with Crippen molar-refractivity contribution in [2.75, 3.05) is 6.54 Å². The van der Waals surface area contributed by atoms with Gasteiger partial charge < -0.3 is 9.88 Å². The molecule has 0 bridgehead atoms. The molecule has 0 amide bonds. The summed E-state index contributed by atoms with van der Waals surface area (Å²) in [5.74, 6) is 0.729. The Kier molecular flexibility index (Phi) is 4.71. The summed E-state index contributed by atoms with van der Waals surface area (Å²) in [5, 5.41) is 3.29. The van der Waals surface area contributed by atoms with Gasteiger partial charge in [0, 0.05) is 19.3 Å². The third-order valence-electron chi connectivity index (χ3n) is 3.02. The molecule has 1 aromatic carbocycles. The van der Waals surface area contributed by atoms with Gasteiger partial charge in [0.15, 0.2) is 0 Å². The van der Waals surface area contributed by atoms with Crippen molar-refractivity contribution in [1.82, 2.24) is 14.9 Å². The molecule has 0 spiro atoms. The summed E-state index contributed by atoms with van der Waals surface area (Å²) in [4.78, 5) is 4.34. The normalized spacial score (nSPS) is 10.9. The van der Waals surface area contributed by atoms with Crippen LogP contribution in [0.2, 0.25) is 0 Å². The Hall–Kier alpha value is -1.20. The third-order valence-corrected chi connectivity index (χ3v) is 3.63. The first-order chi connectivity index (χ1) is 9.11. The van der Waals surface area contributed by atoms with Gasteiger partial charge >= 0.3 is 0 Å². The minimum absolute atomic E-state index is 0.237. The van der Waals surface area contributed by atoms with Gasteiger partial charge in [0.25, 0.3) is 0 Å². The minimum Gasteiger partial charge on any atom is -0.327 e. The van der Waals surface area contributed by atoms with E-state index >= 15 is 0 Å². The summed E-state index contributed by atoms with van der Waals surface area (Å²) in [6.45, 7) is 6.47. The predicted molar refractivity (Wildman–Crippen MR) is 77.5 cm³/mol. The maximum absolute atomic E-state index is 13.2. The van der Waals surface area contributed by atoms with Crippen molar-refractivity contribution < 1.29 is 4.39 Å². The van der Waals surface area contributed by atoms with Crippen molar-refractivity contribution in [2.24, 2.45) is 0 Å². The van der Waals surface area contributed by atoms with Crippen molar-refractivity contribution in [2.45, 2.75) is 26.9 Å². The molecule has 102 valence electrons. The van der Waals surface area contributed by atoms with Crippen molar-refractivity contribution in [3.05, 3.63) is 51.8 Å². The zero-order valence-electron chi connectivity index (χ0n) is 11.1. The van der Waals surface area contributed by atoms with Crippen molar-refractivity contribution in [3.63, 3.8) is 0 Å². The minimum atomic E-state index is -0.237. The lowest BCUT2D eigenvalue weighted by Gasteiger charge is -2.11. The highest BCUT2D eigenvalue weighted by Gasteiger charge is 2.08. The highest BCUT2D eigenvalue weighted by Crippen LogP contribution is 2.18. The van der Waals surface area contributed by atoms with Crippen LogP contribution in [0.15, 0.2) is 28.9 Å². The molecule has 0 aliphatic carbocycles. The molecule has 2 rings (SSSR count). The second-order valence-electron chi connectivity index (χ2n) is 4.41. The van der Waals surface area contributed by atoms with Crippen LogP contribution in [-0.4, -0.2) is 16.1 Å². The quantitative estimate of drug-likeness (QED) is 0.914. The molecule has 0 saturated heterocycles. The van der Waals surface area contributed by atoms with Gasteiger partial charge in [-0.15, -0.1) is 0 Å². The van der Waals surface area contributed by atoms with Crippen LogP contribution in [-0.2, 0) is 13.1 Å². The molecule has 0 unspecified atom stereocenters. The molecule has 1 heterocycles. The number of nitrogens with one attached hydrogen (secondary N) is 1. The van der Waals surface area contributed by atoms with E-state index in [2.05, 4.69) is 37.7 Å². The molecule has 0 saturated carbocycles. The molecular formula is C14H17BrFN3. The maximum Gasteiger partial charge on any atom is 0.137 e. The smallest absolute Gasteiger partial charge is 0.137 e. The average molecular weight is 326 g/mol. The van der Waals surface area contributed by atoms with E-state index in [-0.39, 0.29) is 5.82 Å². The van der Waals surface area contributed by atoms with Gasteiger partial charge in [-0.2, -0.15) is 0 Å². The van der Waals surface area contributed by atoms with E-state index in [9.17, 15) is 4.39 Å². The Morgan fingerprint density at radius 1 is 1.42 bits per heavy atom. The monoisotopic (exact) mass is 325 g/mol. The van der Waals surface area contributed by atoms with Crippen LogP contribution in [0.25, 0.3) is 0 Å². The SMILES string of the molecule is CCNCc1cnc(C)n1Cc1ccc(F)c(Br)c1. The standard InChI is InChI=1S/C14H17BrFN3/c1-3-17-7-12-8-18-10(2)19(12)9-11-4-5-14(16)13(15)6-11/h4-6,8,17H,3,7,9H2,1-2H3. The van der Waals surface area contributed by atoms with Crippen molar-refractivity contribution in [1.29, 1.82) is 0 Å².